The van der Waals surface area contributed by atoms with Crippen LogP contribution in [0.15, 0.2) is 28.4 Å². The number of nitrogens with zero attached hydrogens (tertiary/aromatic N) is 2. The summed E-state index contributed by atoms with van der Waals surface area (Å²) >= 11 is 0. The summed E-state index contributed by atoms with van der Waals surface area (Å²) < 4.78 is 6.77. The molecule has 0 amide bonds. The van der Waals surface area contributed by atoms with E-state index in [9.17, 15) is 25.2 Å². The Morgan fingerprint density at radius 1 is 1.16 bits per heavy atom. The Hall–Kier alpha value is -1.98. The van der Waals surface area contributed by atoms with Gasteiger partial charge in [-0.2, -0.15) is 0 Å². The molecule has 0 aromatic carbocycles. The van der Waals surface area contributed by atoms with Gasteiger partial charge in [0.1, 0.15) is 5.60 Å². The number of aliphatic imine (C=N–C) groups is 1. The number of aliphatic hydroxyl groups is 3. The van der Waals surface area contributed by atoms with E-state index in [0.717, 1.165) is 56.9 Å². The van der Waals surface area contributed by atoms with Gasteiger partial charge in [0, 0.05) is 49.6 Å². The van der Waals surface area contributed by atoms with Crippen LogP contribution < -0.4 is 11.1 Å². The van der Waals surface area contributed by atoms with Gasteiger partial charge in [0.25, 0.3) is 0 Å². The Morgan fingerprint density at radius 2 is 1.95 bits per heavy atom. The Kier molecular flexibility index (Phi) is 7.48. The summed E-state index contributed by atoms with van der Waals surface area (Å²) in [4.78, 5) is 19.9. The molecule has 7 aliphatic rings. The molecule has 1 saturated heterocycles. The fourth-order valence-corrected chi connectivity index (χ4v) is 12.0. The Labute approximate surface area is 254 Å². The number of nitrogens with two attached hydrogens (primary N) is 1. The molecule has 2 aliphatic heterocycles. The van der Waals surface area contributed by atoms with Crippen LogP contribution in [0.1, 0.15) is 70.6 Å². The van der Waals surface area contributed by atoms with Crippen LogP contribution in [0, 0.1) is 40.4 Å². The van der Waals surface area contributed by atoms with Gasteiger partial charge in [0.2, 0.25) is 0 Å². The predicted octanol–water partition coefficient (Wildman–Crippen LogP) is 2.00. The van der Waals surface area contributed by atoms with Crippen LogP contribution in [0.4, 0.5) is 0 Å². The zero-order valence-electron chi connectivity index (χ0n) is 25.5. The van der Waals surface area contributed by atoms with Crippen molar-refractivity contribution in [3.63, 3.8) is 0 Å². The first kappa shape index (κ1) is 29.7. The van der Waals surface area contributed by atoms with E-state index in [4.69, 9.17) is 10.5 Å². The van der Waals surface area contributed by atoms with Crippen LogP contribution in [-0.2, 0) is 9.53 Å². The molecule has 2 spiro atoms. The molecule has 0 radical (unpaired) electrons. The molecule has 7 N–H and O–H groups in total. The van der Waals surface area contributed by atoms with E-state index in [1.807, 2.05) is 11.1 Å². The lowest BCUT2D eigenvalue weighted by molar-refractivity contribution is -0.229. The van der Waals surface area contributed by atoms with Crippen molar-refractivity contribution in [2.75, 3.05) is 33.3 Å². The first-order chi connectivity index (χ1) is 20.7. The summed E-state index contributed by atoms with van der Waals surface area (Å²) in [6.07, 6.45) is 12.3. The molecule has 5 aliphatic carbocycles. The maximum absolute atomic E-state index is 13.5. The minimum Gasteiger partial charge on any atom is -0.478 e. The summed E-state index contributed by atoms with van der Waals surface area (Å²) in [6.45, 7) is 1.84. The third kappa shape index (κ3) is 3.95. The number of carboxylic acid groups (broad SMARTS) is 1. The molecular weight excluding hydrogens is 548 g/mol. The first-order valence-electron chi connectivity index (χ1n) is 16.7. The van der Waals surface area contributed by atoms with Gasteiger partial charge in [-0.25, -0.2) is 4.79 Å². The number of nitrogens with one attached hydrogen (secondary N) is 1. The minimum absolute atomic E-state index is 0.0504. The number of carbonyl (C=O) groups is 1. The molecular formula is C33H50N4O6. The molecule has 10 heteroatoms. The number of rotatable bonds is 6. The first-order valence-corrected chi connectivity index (χ1v) is 16.7. The quantitative estimate of drug-likeness (QED) is 0.153. The second-order valence-corrected chi connectivity index (χ2v) is 14.6. The van der Waals surface area contributed by atoms with E-state index in [0.29, 0.717) is 50.8 Å². The van der Waals surface area contributed by atoms with Crippen molar-refractivity contribution in [1.82, 2.24) is 10.2 Å². The average Bonchev–Trinajstić information content (AvgIpc) is 3.29. The number of ether oxygens (including phenoxy) is 1. The summed E-state index contributed by atoms with van der Waals surface area (Å²) in [5, 5.41) is 47.8. The summed E-state index contributed by atoms with van der Waals surface area (Å²) in [6, 6.07) is 0. The number of hydrogen-bond acceptors (Lipinski definition) is 7. The Morgan fingerprint density at radius 3 is 2.72 bits per heavy atom. The number of fused-ring (bicyclic) bond motifs is 1. The lowest BCUT2D eigenvalue weighted by Crippen LogP contribution is -2.68. The zero-order valence-corrected chi connectivity index (χ0v) is 25.5. The van der Waals surface area contributed by atoms with Gasteiger partial charge in [0.15, 0.2) is 5.96 Å². The lowest BCUT2D eigenvalue weighted by Gasteiger charge is -2.66. The van der Waals surface area contributed by atoms with Gasteiger partial charge < -0.3 is 41.1 Å². The van der Waals surface area contributed by atoms with E-state index in [1.165, 1.54) is 0 Å². The molecule has 10 nitrogen and oxygen atoms in total. The van der Waals surface area contributed by atoms with E-state index in [2.05, 4.69) is 16.4 Å². The van der Waals surface area contributed by atoms with Gasteiger partial charge in [-0.1, -0.05) is 12.5 Å². The van der Waals surface area contributed by atoms with Gasteiger partial charge in [-0.15, -0.1) is 0 Å². The van der Waals surface area contributed by atoms with Crippen molar-refractivity contribution in [1.29, 1.82) is 0 Å². The van der Waals surface area contributed by atoms with Crippen molar-refractivity contribution in [2.24, 2.45) is 51.1 Å². The van der Waals surface area contributed by atoms with E-state index < -0.39 is 29.2 Å². The van der Waals surface area contributed by atoms with E-state index >= 15 is 0 Å². The Balaban J connectivity index is 1.39. The summed E-state index contributed by atoms with van der Waals surface area (Å²) in [5.41, 5.74) is 5.21. The average molecular weight is 599 g/mol. The smallest absolute Gasteiger partial charge is 0.334 e. The number of allylic oxidation sites excluding steroid dienone is 1. The maximum Gasteiger partial charge on any atom is 0.334 e. The fraction of sp³-hybridized carbons (Fsp3) is 0.818. The van der Waals surface area contributed by atoms with Crippen LogP contribution in [0.3, 0.4) is 0 Å². The molecule has 2 bridgehead atoms. The second kappa shape index (κ2) is 10.8. The maximum atomic E-state index is 13.5. The molecule has 0 aromatic rings. The Bertz CT molecular complexity index is 1220. The molecule has 7 rings (SSSR count). The molecule has 2 heterocycles. The zero-order chi connectivity index (χ0) is 30.1. The molecule has 0 unspecified atom stereocenters. The second-order valence-electron chi connectivity index (χ2n) is 14.6. The van der Waals surface area contributed by atoms with Crippen molar-refractivity contribution >= 4 is 11.9 Å². The largest absolute Gasteiger partial charge is 0.478 e. The highest BCUT2D eigenvalue weighted by molar-refractivity contribution is 5.92. The van der Waals surface area contributed by atoms with Gasteiger partial charge in [-0.05, 0) is 93.5 Å². The number of carboxylic acids is 1. The molecule has 11 atom stereocenters. The highest BCUT2D eigenvalue weighted by atomic mass is 16.5. The molecule has 43 heavy (non-hydrogen) atoms. The van der Waals surface area contributed by atoms with Crippen molar-refractivity contribution in [3.05, 3.63) is 23.4 Å². The highest BCUT2D eigenvalue weighted by Crippen LogP contribution is 2.81. The number of aliphatic carboxylic acids is 1. The monoisotopic (exact) mass is 598 g/mol. The van der Waals surface area contributed by atoms with Crippen LogP contribution in [0.5, 0.6) is 0 Å². The molecule has 5 fully saturated rings. The molecule has 4 saturated carbocycles. The van der Waals surface area contributed by atoms with Crippen LogP contribution in [0.2, 0.25) is 0 Å². The number of hydrogen-bond donors (Lipinski definition) is 6. The van der Waals surface area contributed by atoms with Crippen molar-refractivity contribution in [3.8, 4) is 0 Å². The molecule has 238 valence electrons. The SMILES string of the molecule is CN=C(N)N1C=C[C@@H](CNCCO)[C@@]2(C1)[C@@H]1CC[C@H]3CCC[C@@H]4[C@@](O)([C@@H]5CC[C@H]6CC[C@@H](O)C[C@H]6O5)C(C(=O)O)=C(C1)[C@@]342. The van der Waals surface area contributed by atoms with Crippen LogP contribution >= 0.6 is 0 Å². The third-order valence-corrected chi connectivity index (χ3v) is 13.3. The topological polar surface area (TPSA) is 161 Å². The van der Waals surface area contributed by atoms with Gasteiger partial charge >= 0.3 is 5.97 Å². The summed E-state index contributed by atoms with van der Waals surface area (Å²) in [7, 11) is 1.70. The van der Waals surface area contributed by atoms with E-state index in [1.54, 1.807) is 7.05 Å². The normalized spacial score (nSPS) is 47.2. The highest BCUT2D eigenvalue weighted by Gasteiger charge is 2.80. The summed E-state index contributed by atoms with van der Waals surface area (Å²) in [5.74, 6) is 0.111. The van der Waals surface area contributed by atoms with Crippen molar-refractivity contribution < 1.29 is 30.0 Å². The van der Waals surface area contributed by atoms with E-state index in [-0.39, 0.29) is 47.4 Å². The standard InChI is InChI=1S/C33H50N4O6/c1-35-30(34)37-13-11-22(17-36-12-14-38)31(18-37)21-8-7-20-3-2-4-26-32(20,31)24(15-21)28(29(40)41)33(26,42)27-10-6-19-5-9-23(39)16-25(19)43-27/h11,13,19-23,25-27,36,38-39,42H,2-10,12,14-18H2,1H3,(H2,34,35)(H,40,41)/t19-,20-,21-,22+,23-,25-,26+,27+,31-,32+,33-/m1/s1. The van der Waals surface area contributed by atoms with Crippen LogP contribution in [-0.4, -0.2) is 94.5 Å². The van der Waals surface area contributed by atoms with Gasteiger partial charge in [-0.3, -0.25) is 4.99 Å². The van der Waals surface area contributed by atoms with Crippen molar-refractivity contribution in [2.45, 2.75) is 94.5 Å². The van der Waals surface area contributed by atoms with Gasteiger partial charge in [0.05, 0.1) is 30.5 Å². The number of aliphatic hydroxyl groups excluding tert-OH is 2. The van der Waals surface area contributed by atoms with Crippen LogP contribution in [0.25, 0.3) is 0 Å². The third-order valence-electron chi connectivity index (χ3n) is 13.3. The predicted molar refractivity (Wildman–Crippen MR) is 161 cm³/mol. The lowest BCUT2D eigenvalue weighted by atomic mass is 9.40. The molecule has 0 aromatic heterocycles. The number of guanidine groups is 1. The minimum atomic E-state index is -1.60. The fourth-order valence-electron chi connectivity index (χ4n) is 12.0.